The average molecular weight is 141 g/mol. The molecule has 10 heavy (non-hydrogen) atoms. The first-order chi connectivity index (χ1) is 4.85. The van der Waals surface area contributed by atoms with Crippen molar-refractivity contribution >= 4 is 0 Å². The summed E-state index contributed by atoms with van der Waals surface area (Å²) in [6.07, 6.45) is 5.02. The molecule has 0 aromatic rings. The molecule has 1 nitrogen and oxygen atoms in total. The summed E-state index contributed by atoms with van der Waals surface area (Å²) in [6.45, 7) is 8.67. The highest BCUT2D eigenvalue weighted by Gasteiger charge is 1.90. The van der Waals surface area contributed by atoms with Crippen LogP contribution < -0.4 is 0 Å². The van der Waals surface area contributed by atoms with Crippen LogP contribution in [-0.2, 0) is 4.74 Å². The summed E-state index contributed by atoms with van der Waals surface area (Å²) in [4.78, 5) is 0. The third kappa shape index (κ3) is 4.42. The Balaban J connectivity index is 3.49. The fraction of sp³-hybridized carbons (Fsp3) is 0.667. The normalized spacial score (nSPS) is 11.7. The van der Waals surface area contributed by atoms with Gasteiger partial charge in [0.25, 0.3) is 0 Å². The van der Waals surface area contributed by atoms with E-state index in [9.17, 15) is 0 Å². The number of allylic oxidation sites excluding steroid dienone is 2. The molecule has 0 spiro atoms. The topological polar surface area (TPSA) is 9.23 Å². The molecule has 0 heterocycles. The molecule has 0 rings (SSSR count). The van der Waals surface area contributed by atoms with Crippen LogP contribution in [0.15, 0.2) is 11.8 Å². The van der Waals surface area contributed by atoms with Crippen LogP contribution in [0.5, 0.6) is 0 Å². The van der Waals surface area contributed by atoms with Gasteiger partial charge in [0, 0.05) is 6.42 Å². The SMILES string of the molecule is [CH2]CCOC(=CCC)CC. The number of ether oxygens (including phenoxy) is 1. The van der Waals surface area contributed by atoms with E-state index in [1.54, 1.807) is 0 Å². The molecule has 0 bridgehead atoms. The molecule has 0 aromatic carbocycles. The first-order valence-corrected chi connectivity index (χ1v) is 3.96. The molecule has 0 aliphatic carbocycles. The maximum absolute atomic E-state index is 5.38. The maximum Gasteiger partial charge on any atom is 0.0917 e. The first-order valence-electron chi connectivity index (χ1n) is 3.96. The van der Waals surface area contributed by atoms with Gasteiger partial charge in [-0.3, -0.25) is 0 Å². The van der Waals surface area contributed by atoms with E-state index < -0.39 is 0 Å². The largest absolute Gasteiger partial charge is 0.498 e. The Morgan fingerprint density at radius 2 is 2.20 bits per heavy atom. The zero-order chi connectivity index (χ0) is 7.82. The minimum Gasteiger partial charge on any atom is -0.498 e. The lowest BCUT2D eigenvalue weighted by atomic mass is 10.3. The zero-order valence-corrected chi connectivity index (χ0v) is 7.02. The van der Waals surface area contributed by atoms with Gasteiger partial charge in [-0.2, -0.15) is 0 Å². The molecule has 0 atom stereocenters. The Morgan fingerprint density at radius 3 is 2.60 bits per heavy atom. The quantitative estimate of drug-likeness (QED) is 0.535. The highest BCUT2D eigenvalue weighted by molar-refractivity contribution is 4.90. The summed E-state index contributed by atoms with van der Waals surface area (Å²) in [6, 6.07) is 0. The van der Waals surface area contributed by atoms with E-state index in [0.717, 1.165) is 31.6 Å². The minimum atomic E-state index is 0.750. The molecule has 0 aliphatic rings. The van der Waals surface area contributed by atoms with Crippen molar-refractivity contribution in [2.45, 2.75) is 33.1 Å². The summed E-state index contributed by atoms with van der Waals surface area (Å²) >= 11 is 0. The number of hydrogen-bond acceptors (Lipinski definition) is 1. The second-order valence-electron chi connectivity index (χ2n) is 2.13. The van der Waals surface area contributed by atoms with E-state index in [-0.39, 0.29) is 0 Å². The molecule has 0 unspecified atom stereocenters. The van der Waals surface area contributed by atoms with E-state index in [4.69, 9.17) is 4.74 Å². The summed E-state index contributed by atoms with van der Waals surface area (Å²) in [5.41, 5.74) is 0. The fourth-order valence-electron chi connectivity index (χ4n) is 0.736. The average Bonchev–Trinajstić information content (AvgIpc) is 1.98. The third-order valence-electron chi connectivity index (χ3n) is 1.21. The molecule has 0 aromatic heterocycles. The van der Waals surface area contributed by atoms with Crippen molar-refractivity contribution in [1.29, 1.82) is 0 Å². The predicted molar refractivity (Wildman–Crippen MR) is 44.6 cm³/mol. The second kappa shape index (κ2) is 6.66. The van der Waals surface area contributed by atoms with Crippen molar-refractivity contribution in [1.82, 2.24) is 0 Å². The van der Waals surface area contributed by atoms with E-state index in [2.05, 4.69) is 26.8 Å². The van der Waals surface area contributed by atoms with Gasteiger partial charge >= 0.3 is 0 Å². The van der Waals surface area contributed by atoms with Gasteiger partial charge in [-0.25, -0.2) is 0 Å². The molecule has 0 N–H and O–H groups in total. The van der Waals surface area contributed by atoms with Gasteiger partial charge in [0.2, 0.25) is 0 Å². The molecule has 0 saturated heterocycles. The predicted octanol–water partition coefficient (Wildman–Crippen LogP) is 2.93. The Hall–Kier alpha value is -0.460. The van der Waals surface area contributed by atoms with Crippen molar-refractivity contribution < 1.29 is 4.74 Å². The lowest BCUT2D eigenvalue weighted by Crippen LogP contribution is -1.92. The lowest BCUT2D eigenvalue weighted by molar-refractivity contribution is 0.208. The molecular formula is C9H17O. The smallest absolute Gasteiger partial charge is 0.0917 e. The third-order valence-corrected chi connectivity index (χ3v) is 1.21. The van der Waals surface area contributed by atoms with Crippen LogP contribution >= 0.6 is 0 Å². The van der Waals surface area contributed by atoms with E-state index >= 15 is 0 Å². The van der Waals surface area contributed by atoms with Gasteiger partial charge in [0.1, 0.15) is 0 Å². The van der Waals surface area contributed by atoms with Crippen LogP contribution in [0.25, 0.3) is 0 Å². The van der Waals surface area contributed by atoms with E-state index in [0.29, 0.717) is 0 Å². The first kappa shape index (κ1) is 9.54. The molecule has 0 saturated carbocycles. The van der Waals surface area contributed by atoms with Crippen molar-refractivity contribution in [3.8, 4) is 0 Å². The second-order valence-corrected chi connectivity index (χ2v) is 2.13. The van der Waals surface area contributed by atoms with Crippen LogP contribution in [0.4, 0.5) is 0 Å². The van der Waals surface area contributed by atoms with Crippen LogP contribution in [-0.4, -0.2) is 6.61 Å². The summed E-state index contributed by atoms with van der Waals surface area (Å²) in [5.74, 6) is 1.10. The Kier molecular flexibility index (Phi) is 6.35. The molecular weight excluding hydrogens is 124 g/mol. The minimum absolute atomic E-state index is 0.750. The standard InChI is InChI=1S/C9H17O/c1-4-7-9(6-3)10-8-5-2/h7H,2,4-6,8H2,1,3H3. The van der Waals surface area contributed by atoms with Crippen LogP contribution in [0.2, 0.25) is 0 Å². The summed E-state index contributed by atoms with van der Waals surface area (Å²) in [5, 5.41) is 0. The van der Waals surface area contributed by atoms with E-state index in [1.807, 2.05) is 0 Å². The van der Waals surface area contributed by atoms with Crippen molar-refractivity contribution in [3.63, 3.8) is 0 Å². The molecule has 0 aliphatic heterocycles. The molecule has 59 valence electrons. The van der Waals surface area contributed by atoms with Gasteiger partial charge in [-0.05, 0) is 25.8 Å². The van der Waals surface area contributed by atoms with Crippen molar-refractivity contribution in [2.75, 3.05) is 6.61 Å². The number of hydrogen-bond donors (Lipinski definition) is 0. The van der Waals surface area contributed by atoms with Gasteiger partial charge in [0.15, 0.2) is 0 Å². The van der Waals surface area contributed by atoms with Crippen LogP contribution in [0.3, 0.4) is 0 Å². The fourth-order valence-corrected chi connectivity index (χ4v) is 0.736. The molecule has 1 radical (unpaired) electrons. The van der Waals surface area contributed by atoms with Crippen molar-refractivity contribution in [2.24, 2.45) is 0 Å². The monoisotopic (exact) mass is 141 g/mol. The van der Waals surface area contributed by atoms with Gasteiger partial charge in [-0.1, -0.05) is 13.8 Å². The number of rotatable bonds is 5. The highest BCUT2D eigenvalue weighted by Crippen LogP contribution is 2.04. The van der Waals surface area contributed by atoms with Crippen LogP contribution in [0, 0.1) is 6.92 Å². The van der Waals surface area contributed by atoms with Gasteiger partial charge in [0.05, 0.1) is 12.4 Å². The Morgan fingerprint density at radius 1 is 1.50 bits per heavy atom. The summed E-state index contributed by atoms with van der Waals surface area (Å²) < 4.78 is 5.38. The highest BCUT2D eigenvalue weighted by atomic mass is 16.5. The zero-order valence-electron chi connectivity index (χ0n) is 7.02. The Labute approximate surface area is 64.1 Å². The van der Waals surface area contributed by atoms with Gasteiger partial charge < -0.3 is 4.74 Å². The van der Waals surface area contributed by atoms with Crippen molar-refractivity contribution in [3.05, 3.63) is 18.8 Å². The Bertz CT molecular complexity index is 94.9. The van der Waals surface area contributed by atoms with Gasteiger partial charge in [-0.15, -0.1) is 0 Å². The van der Waals surface area contributed by atoms with E-state index in [1.165, 1.54) is 0 Å². The van der Waals surface area contributed by atoms with Crippen LogP contribution in [0.1, 0.15) is 33.1 Å². The summed E-state index contributed by atoms with van der Waals surface area (Å²) in [7, 11) is 0. The molecule has 0 amide bonds. The maximum atomic E-state index is 5.38. The lowest BCUT2D eigenvalue weighted by Gasteiger charge is -2.05. The molecule has 0 fully saturated rings. The molecule has 1 heteroatoms.